The summed E-state index contributed by atoms with van der Waals surface area (Å²) in [5.74, 6) is 0.590. The van der Waals surface area contributed by atoms with Gasteiger partial charge in [0.05, 0.1) is 14.2 Å². The third-order valence-electron chi connectivity index (χ3n) is 4.81. The van der Waals surface area contributed by atoms with Gasteiger partial charge in [0.2, 0.25) is 15.9 Å². The molecule has 0 unspecified atom stereocenters. The lowest BCUT2D eigenvalue weighted by Gasteiger charge is -2.31. The molecule has 1 atom stereocenters. The van der Waals surface area contributed by atoms with E-state index in [2.05, 4.69) is 5.32 Å². The van der Waals surface area contributed by atoms with Crippen molar-refractivity contribution >= 4 is 15.9 Å². The zero-order chi connectivity index (χ0) is 19.3. The molecule has 0 bridgehead atoms. The molecule has 8 heteroatoms. The number of hydrogen-bond donors (Lipinski definition) is 1. The van der Waals surface area contributed by atoms with Crippen LogP contribution in [0.1, 0.15) is 33.1 Å². The highest BCUT2D eigenvalue weighted by molar-refractivity contribution is 7.89. The van der Waals surface area contributed by atoms with Crippen LogP contribution in [0, 0.1) is 5.92 Å². The van der Waals surface area contributed by atoms with Crippen molar-refractivity contribution in [2.24, 2.45) is 5.92 Å². The van der Waals surface area contributed by atoms with E-state index in [-0.39, 0.29) is 28.5 Å². The number of hydrogen-bond acceptors (Lipinski definition) is 5. The second-order valence-corrected chi connectivity index (χ2v) is 8.42. The number of amides is 1. The van der Waals surface area contributed by atoms with Crippen LogP contribution in [0.3, 0.4) is 0 Å². The van der Waals surface area contributed by atoms with E-state index in [1.54, 1.807) is 12.1 Å². The summed E-state index contributed by atoms with van der Waals surface area (Å²) in [7, 11) is -0.795. The number of carbonyl (C=O) groups excluding carboxylic acids is 1. The van der Waals surface area contributed by atoms with E-state index < -0.39 is 10.0 Å². The molecule has 0 aliphatic carbocycles. The van der Waals surface area contributed by atoms with Crippen LogP contribution in [0.15, 0.2) is 23.1 Å². The number of nitrogens with one attached hydrogen (secondary N) is 1. The van der Waals surface area contributed by atoms with E-state index in [9.17, 15) is 13.2 Å². The Bertz CT molecular complexity index is 727. The molecule has 1 heterocycles. The van der Waals surface area contributed by atoms with Crippen LogP contribution in [0.25, 0.3) is 0 Å². The Morgan fingerprint density at radius 3 is 2.46 bits per heavy atom. The van der Waals surface area contributed by atoms with Crippen molar-refractivity contribution in [1.29, 1.82) is 0 Å². The molecule has 1 saturated heterocycles. The summed E-state index contributed by atoms with van der Waals surface area (Å²) in [6.45, 7) is 4.59. The summed E-state index contributed by atoms with van der Waals surface area (Å²) >= 11 is 0. The molecular weight excluding hydrogens is 356 g/mol. The van der Waals surface area contributed by atoms with E-state index in [0.29, 0.717) is 31.7 Å². The second kappa shape index (κ2) is 8.73. The lowest BCUT2D eigenvalue weighted by molar-refractivity contribution is -0.126. The third kappa shape index (κ3) is 4.48. The summed E-state index contributed by atoms with van der Waals surface area (Å²) in [6.07, 6.45) is 1.89. The van der Waals surface area contributed by atoms with E-state index in [4.69, 9.17) is 9.47 Å². The van der Waals surface area contributed by atoms with Crippen LogP contribution in [-0.2, 0) is 14.8 Å². The molecule has 1 aliphatic rings. The van der Waals surface area contributed by atoms with Crippen molar-refractivity contribution in [2.75, 3.05) is 27.3 Å². The Morgan fingerprint density at radius 2 is 1.92 bits per heavy atom. The van der Waals surface area contributed by atoms with Crippen LogP contribution < -0.4 is 14.8 Å². The Morgan fingerprint density at radius 1 is 1.27 bits per heavy atom. The van der Waals surface area contributed by atoms with Gasteiger partial charge in [-0.2, -0.15) is 4.31 Å². The molecule has 26 heavy (non-hydrogen) atoms. The lowest BCUT2D eigenvalue weighted by Crippen LogP contribution is -2.44. The summed E-state index contributed by atoms with van der Waals surface area (Å²) in [5, 5.41) is 2.97. The molecule has 0 saturated carbocycles. The highest BCUT2D eigenvalue weighted by Crippen LogP contribution is 2.32. The Hall–Kier alpha value is -1.80. The topological polar surface area (TPSA) is 84.9 Å². The highest BCUT2D eigenvalue weighted by Gasteiger charge is 2.34. The minimum absolute atomic E-state index is 0.00959. The number of piperidine rings is 1. The van der Waals surface area contributed by atoms with Crippen molar-refractivity contribution in [1.82, 2.24) is 9.62 Å². The number of nitrogens with zero attached hydrogens (tertiary/aromatic N) is 1. The van der Waals surface area contributed by atoms with Crippen LogP contribution in [-0.4, -0.2) is 52.0 Å². The molecule has 7 nitrogen and oxygen atoms in total. The van der Waals surface area contributed by atoms with Gasteiger partial charge >= 0.3 is 0 Å². The number of benzene rings is 1. The van der Waals surface area contributed by atoms with Crippen molar-refractivity contribution in [3.63, 3.8) is 0 Å². The van der Waals surface area contributed by atoms with E-state index >= 15 is 0 Å². The van der Waals surface area contributed by atoms with Gasteiger partial charge in [0, 0.05) is 31.1 Å². The fourth-order valence-corrected chi connectivity index (χ4v) is 4.59. The molecule has 1 aromatic rings. The van der Waals surface area contributed by atoms with E-state index in [0.717, 1.165) is 6.42 Å². The zero-order valence-electron chi connectivity index (χ0n) is 15.8. The van der Waals surface area contributed by atoms with Crippen LogP contribution in [0.2, 0.25) is 0 Å². The van der Waals surface area contributed by atoms with Gasteiger partial charge < -0.3 is 14.8 Å². The maximum absolute atomic E-state index is 13.0. The molecule has 1 aromatic carbocycles. The normalized spacial score (nSPS) is 17.5. The summed E-state index contributed by atoms with van der Waals surface area (Å²) in [5.41, 5.74) is 0. The first-order chi connectivity index (χ1) is 12.3. The number of ether oxygens (including phenoxy) is 2. The van der Waals surface area contributed by atoms with Crippen molar-refractivity contribution in [3.8, 4) is 11.5 Å². The van der Waals surface area contributed by atoms with Gasteiger partial charge in [0.25, 0.3) is 0 Å². The number of methoxy groups -OCH3 is 2. The molecular formula is C18H28N2O5S. The Kier molecular flexibility index (Phi) is 6.88. The average Bonchev–Trinajstić information content (AvgIpc) is 2.67. The van der Waals surface area contributed by atoms with Gasteiger partial charge in [0.15, 0.2) is 0 Å². The molecule has 0 radical (unpaired) electrons. The van der Waals surface area contributed by atoms with Crippen molar-refractivity contribution in [2.45, 2.75) is 44.0 Å². The van der Waals surface area contributed by atoms with Gasteiger partial charge in [-0.15, -0.1) is 0 Å². The quantitative estimate of drug-likeness (QED) is 0.777. The van der Waals surface area contributed by atoms with Gasteiger partial charge in [-0.25, -0.2) is 8.42 Å². The largest absolute Gasteiger partial charge is 0.497 e. The summed E-state index contributed by atoms with van der Waals surface area (Å²) in [6, 6.07) is 4.84. The van der Waals surface area contributed by atoms with Crippen molar-refractivity contribution in [3.05, 3.63) is 18.2 Å². The second-order valence-electron chi connectivity index (χ2n) is 6.51. The fourth-order valence-electron chi connectivity index (χ4n) is 2.95. The maximum Gasteiger partial charge on any atom is 0.246 e. The predicted octanol–water partition coefficient (Wildman–Crippen LogP) is 2.02. The van der Waals surface area contributed by atoms with Gasteiger partial charge in [-0.3, -0.25) is 4.79 Å². The van der Waals surface area contributed by atoms with E-state index in [1.165, 1.54) is 24.6 Å². The maximum atomic E-state index is 13.0. The Balaban J connectivity index is 2.12. The molecule has 1 aliphatic heterocycles. The molecule has 2 rings (SSSR count). The summed E-state index contributed by atoms with van der Waals surface area (Å²) in [4.78, 5) is 12.3. The number of carbonyl (C=O) groups is 1. The number of rotatable bonds is 7. The van der Waals surface area contributed by atoms with Crippen LogP contribution in [0.5, 0.6) is 11.5 Å². The summed E-state index contributed by atoms with van der Waals surface area (Å²) < 4.78 is 37.8. The molecule has 1 amide bonds. The number of sulfonamides is 1. The molecule has 146 valence electrons. The van der Waals surface area contributed by atoms with Gasteiger partial charge in [-0.05, 0) is 38.3 Å². The first kappa shape index (κ1) is 20.5. The van der Waals surface area contributed by atoms with Crippen LogP contribution in [0.4, 0.5) is 0 Å². The smallest absolute Gasteiger partial charge is 0.246 e. The van der Waals surface area contributed by atoms with Gasteiger partial charge in [0.1, 0.15) is 16.4 Å². The first-order valence-corrected chi connectivity index (χ1v) is 10.3. The minimum atomic E-state index is -3.72. The predicted molar refractivity (Wildman–Crippen MR) is 98.9 cm³/mol. The Labute approximate surface area is 155 Å². The first-order valence-electron chi connectivity index (χ1n) is 8.86. The van der Waals surface area contributed by atoms with E-state index in [1.807, 2.05) is 13.8 Å². The highest BCUT2D eigenvalue weighted by atomic mass is 32.2. The van der Waals surface area contributed by atoms with Gasteiger partial charge in [-0.1, -0.05) is 6.92 Å². The molecule has 1 N–H and O–H groups in total. The molecule has 0 aromatic heterocycles. The standard InChI is InChI=1S/C18H28N2O5S/c1-5-13(2)19-18(21)14-8-10-20(11-9-14)26(22,23)17-12-15(24-3)6-7-16(17)25-4/h6-7,12-14H,5,8-11H2,1-4H3,(H,19,21)/t13-/m1/s1. The monoisotopic (exact) mass is 384 g/mol. The third-order valence-corrected chi connectivity index (χ3v) is 6.73. The fraction of sp³-hybridized carbons (Fsp3) is 0.611. The van der Waals surface area contributed by atoms with Crippen LogP contribution >= 0.6 is 0 Å². The average molecular weight is 384 g/mol. The SMILES string of the molecule is CC[C@@H](C)NC(=O)C1CCN(S(=O)(=O)c2cc(OC)ccc2OC)CC1. The minimum Gasteiger partial charge on any atom is -0.497 e. The lowest BCUT2D eigenvalue weighted by atomic mass is 9.97. The zero-order valence-corrected chi connectivity index (χ0v) is 16.6. The van der Waals surface area contributed by atoms with Crippen molar-refractivity contribution < 1.29 is 22.7 Å². The molecule has 1 fully saturated rings. The molecule has 0 spiro atoms.